The molecule has 2 aliphatic heterocycles. The molecule has 3 rings (SSSR count). The van der Waals surface area contributed by atoms with Crippen molar-refractivity contribution >= 4 is 23.4 Å². The van der Waals surface area contributed by atoms with E-state index in [1.807, 2.05) is 28.8 Å². The van der Waals surface area contributed by atoms with Crippen molar-refractivity contribution in [1.82, 2.24) is 5.32 Å². The predicted octanol–water partition coefficient (Wildman–Crippen LogP) is 2.12. The van der Waals surface area contributed by atoms with Crippen molar-refractivity contribution < 1.29 is 4.79 Å². The molecule has 2 heterocycles. The van der Waals surface area contributed by atoms with E-state index < -0.39 is 0 Å². The Hall–Kier alpha value is -1.00. The summed E-state index contributed by atoms with van der Waals surface area (Å²) < 4.78 is 0. The molecule has 1 saturated heterocycles. The van der Waals surface area contributed by atoms with Crippen LogP contribution in [-0.4, -0.2) is 31.3 Å². The average molecular weight is 262 g/mol. The fourth-order valence-corrected chi connectivity index (χ4v) is 3.68. The predicted molar refractivity (Wildman–Crippen MR) is 75.1 cm³/mol. The van der Waals surface area contributed by atoms with Crippen molar-refractivity contribution in [1.29, 1.82) is 0 Å². The molecule has 0 aromatic heterocycles. The lowest BCUT2D eigenvalue weighted by atomic mass is 9.98. The van der Waals surface area contributed by atoms with Crippen LogP contribution in [0.4, 0.5) is 5.69 Å². The maximum Gasteiger partial charge on any atom is 0.231 e. The number of carbonyl (C=O) groups excluding carboxylic acids is 1. The zero-order valence-electron chi connectivity index (χ0n) is 10.4. The number of anilines is 1. The third-order valence-electron chi connectivity index (χ3n) is 3.64. The number of carbonyl (C=O) groups is 1. The Kier molecular flexibility index (Phi) is 3.57. The van der Waals surface area contributed by atoms with Crippen LogP contribution in [0.15, 0.2) is 29.2 Å². The highest BCUT2D eigenvalue weighted by molar-refractivity contribution is 7.99. The van der Waals surface area contributed by atoms with E-state index in [2.05, 4.69) is 17.4 Å². The zero-order valence-corrected chi connectivity index (χ0v) is 11.2. The van der Waals surface area contributed by atoms with Crippen LogP contribution in [-0.2, 0) is 4.79 Å². The summed E-state index contributed by atoms with van der Waals surface area (Å²) in [6, 6.07) is 8.24. The molecule has 1 unspecified atom stereocenters. The monoisotopic (exact) mass is 262 g/mol. The number of thioether (sulfide) groups is 1. The van der Waals surface area contributed by atoms with Gasteiger partial charge in [0.25, 0.3) is 0 Å². The van der Waals surface area contributed by atoms with Crippen LogP contribution >= 0.6 is 11.8 Å². The van der Waals surface area contributed by atoms with Gasteiger partial charge in [0.1, 0.15) is 0 Å². The number of para-hydroxylation sites is 1. The molecule has 0 saturated carbocycles. The van der Waals surface area contributed by atoms with Crippen LogP contribution in [0.5, 0.6) is 0 Å². The number of fused-ring (bicyclic) bond motifs is 1. The van der Waals surface area contributed by atoms with Crippen LogP contribution in [0.1, 0.15) is 12.8 Å². The molecule has 3 nitrogen and oxygen atoms in total. The molecule has 0 bridgehead atoms. The largest absolute Gasteiger partial charge is 0.316 e. The first-order valence-corrected chi connectivity index (χ1v) is 7.59. The fraction of sp³-hybridized carbons (Fsp3) is 0.500. The molecular weight excluding hydrogens is 244 g/mol. The smallest absolute Gasteiger partial charge is 0.231 e. The van der Waals surface area contributed by atoms with E-state index in [1.54, 1.807) is 0 Å². The summed E-state index contributed by atoms with van der Waals surface area (Å²) in [5.41, 5.74) is 1.10. The van der Waals surface area contributed by atoms with Gasteiger partial charge < -0.3 is 10.2 Å². The number of nitrogens with one attached hydrogen (secondary N) is 1. The highest BCUT2D eigenvalue weighted by atomic mass is 32.2. The van der Waals surface area contributed by atoms with Crippen molar-refractivity contribution in [2.24, 2.45) is 5.92 Å². The molecular formula is C14H18N2OS. The van der Waals surface area contributed by atoms with Crippen LogP contribution in [0, 0.1) is 5.92 Å². The molecule has 18 heavy (non-hydrogen) atoms. The number of amides is 1. The Morgan fingerprint density at radius 3 is 3.11 bits per heavy atom. The molecule has 1 fully saturated rings. The number of piperidine rings is 1. The average Bonchev–Trinajstić information content (AvgIpc) is 2.47. The quantitative estimate of drug-likeness (QED) is 0.841. The number of nitrogens with zero attached hydrogens (tertiary/aromatic N) is 1. The van der Waals surface area contributed by atoms with Crippen LogP contribution < -0.4 is 10.2 Å². The first-order chi connectivity index (χ1) is 8.86. The van der Waals surface area contributed by atoms with Crippen LogP contribution in [0.25, 0.3) is 0 Å². The third-order valence-corrected chi connectivity index (χ3v) is 4.68. The number of rotatable bonds is 1. The minimum Gasteiger partial charge on any atom is -0.316 e. The van der Waals surface area contributed by atoms with Crippen LogP contribution in [0.3, 0.4) is 0 Å². The number of hydrogen-bond acceptors (Lipinski definition) is 3. The van der Waals surface area contributed by atoms with E-state index in [0.717, 1.165) is 43.9 Å². The van der Waals surface area contributed by atoms with E-state index in [-0.39, 0.29) is 5.92 Å². The van der Waals surface area contributed by atoms with E-state index in [0.29, 0.717) is 5.91 Å². The topological polar surface area (TPSA) is 32.3 Å². The van der Waals surface area contributed by atoms with Gasteiger partial charge >= 0.3 is 0 Å². The lowest BCUT2D eigenvalue weighted by Gasteiger charge is -2.33. The first kappa shape index (κ1) is 12.1. The molecule has 0 spiro atoms. The van der Waals surface area contributed by atoms with E-state index in [4.69, 9.17) is 0 Å². The molecule has 1 aromatic carbocycles. The van der Waals surface area contributed by atoms with Gasteiger partial charge in [-0.25, -0.2) is 0 Å². The van der Waals surface area contributed by atoms with Gasteiger partial charge in [0.2, 0.25) is 5.91 Å². The van der Waals surface area contributed by atoms with Crippen molar-refractivity contribution in [2.75, 3.05) is 30.3 Å². The van der Waals surface area contributed by atoms with E-state index in [1.165, 1.54) is 4.90 Å². The second kappa shape index (κ2) is 5.33. The van der Waals surface area contributed by atoms with Gasteiger partial charge in [0.15, 0.2) is 0 Å². The highest BCUT2D eigenvalue weighted by Crippen LogP contribution is 2.35. The van der Waals surface area contributed by atoms with Gasteiger partial charge in [-0.1, -0.05) is 12.1 Å². The summed E-state index contributed by atoms with van der Waals surface area (Å²) in [7, 11) is 0. The molecule has 96 valence electrons. The van der Waals surface area contributed by atoms with Crippen molar-refractivity contribution in [2.45, 2.75) is 17.7 Å². The van der Waals surface area contributed by atoms with Crippen molar-refractivity contribution in [3.05, 3.63) is 24.3 Å². The maximum absolute atomic E-state index is 12.6. The lowest BCUT2D eigenvalue weighted by Crippen LogP contribution is -2.45. The molecule has 0 aliphatic carbocycles. The summed E-state index contributed by atoms with van der Waals surface area (Å²) in [6.45, 7) is 2.73. The first-order valence-electron chi connectivity index (χ1n) is 6.60. The lowest BCUT2D eigenvalue weighted by molar-refractivity contribution is -0.122. The van der Waals surface area contributed by atoms with Crippen molar-refractivity contribution in [3.8, 4) is 0 Å². The maximum atomic E-state index is 12.6. The van der Waals surface area contributed by atoms with E-state index >= 15 is 0 Å². The Morgan fingerprint density at radius 2 is 2.28 bits per heavy atom. The Labute approximate surface area is 112 Å². The normalized spacial score (nSPS) is 23.6. The number of benzene rings is 1. The van der Waals surface area contributed by atoms with Gasteiger partial charge in [-0.2, -0.15) is 0 Å². The van der Waals surface area contributed by atoms with Gasteiger partial charge in [-0.05, 0) is 31.5 Å². The minimum atomic E-state index is 0.162. The van der Waals surface area contributed by atoms with Gasteiger partial charge in [0.05, 0.1) is 11.6 Å². The van der Waals surface area contributed by atoms with Crippen LogP contribution in [0.2, 0.25) is 0 Å². The zero-order chi connectivity index (χ0) is 12.4. The van der Waals surface area contributed by atoms with Crippen molar-refractivity contribution in [3.63, 3.8) is 0 Å². The summed E-state index contributed by atoms with van der Waals surface area (Å²) >= 11 is 1.85. The molecule has 2 aliphatic rings. The third kappa shape index (κ3) is 2.27. The van der Waals surface area contributed by atoms with Gasteiger partial charge in [0, 0.05) is 23.7 Å². The van der Waals surface area contributed by atoms with E-state index in [9.17, 15) is 4.79 Å². The van der Waals surface area contributed by atoms with Gasteiger partial charge in [-0.15, -0.1) is 11.8 Å². The Balaban J connectivity index is 1.82. The second-order valence-corrected chi connectivity index (χ2v) is 5.99. The molecule has 1 amide bonds. The molecule has 1 atom stereocenters. The molecule has 1 N–H and O–H groups in total. The fourth-order valence-electron chi connectivity index (χ4n) is 2.68. The molecule has 0 radical (unpaired) electrons. The van der Waals surface area contributed by atoms with Gasteiger partial charge in [-0.3, -0.25) is 4.79 Å². The summed E-state index contributed by atoms with van der Waals surface area (Å²) in [5, 5.41) is 3.33. The molecule has 1 aromatic rings. The highest BCUT2D eigenvalue weighted by Gasteiger charge is 2.29. The second-order valence-electron chi connectivity index (χ2n) is 4.85. The molecule has 4 heteroatoms. The Bertz CT molecular complexity index is 443. The SMILES string of the molecule is O=C(C1CCCNC1)N1CCSc2ccccc21. The summed E-state index contributed by atoms with van der Waals surface area (Å²) in [5.74, 6) is 1.47. The Morgan fingerprint density at radius 1 is 1.39 bits per heavy atom. The number of hydrogen-bond donors (Lipinski definition) is 1. The summed E-state index contributed by atoms with van der Waals surface area (Å²) in [4.78, 5) is 15.8. The standard InChI is InChI=1S/C14H18N2OS/c17-14(11-4-3-7-15-10-11)16-8-9-18-13-6-2-1-5-12(13)16/h1-2,5-6,11,15H,3-4,7-10H2. The minimum absolute atomic E-state index is 0.162. The summed E-state index contributed by atoms with van der Waals surface area (Å²) in [6.07, 6.45) is 2.14.